The fraction of sp³-hybridized carbons (Fsp3) is 0.682. The van der Waals surface area contributed by atoms with Crippen molar-refractivity contribution in [3.63, 3.8) is 0 Å². The number of carbonyl (C=O) groups is 3. The molecule has 0 radical (unpaired) electrons. The van der Waals surface area contributed by atoms with Crippen molar-refractivity contribution in [3.8, 4) is 0 Å². The predicted molar refractivity (Wildman–Crippen MR) is 109 cm³/mol. The fourth-order valence-electron chi connectivity index (χ4n) is 3.64. The summed E-state index contributed by atoms with van der Waals surface area (Å²) in [5.74, 6) is 0.0585. The molecule has 1 aliphatic rings. The first-order valence-corrected chi connectivity index (χ1v) is 10.3. The number of rotatable bonds is 9. The van der Waals surface area contributed by atoms with Gasteiger partial charge in [-0.1, -0.05) is 13.8 Å². The van der Waals surface area contributed by atoms with Crippen molar-refractivity contribution in [2.45, 2.75) is 66.8 Å². The Bertz CT molecular complexity index is 759. The van der Waals surface area contributed by atoms with Crippen LogP contribution in [0.2, 0.25) is 0 Å². The number of amides is 1. The molecule has 1 fully saturated rings. The molecule has 28 heavy (non-hydrogen) atoms. The second kappa shape index (κ2) is 8.93. The Labute approximate surface area is 168 Å². The fourth-order valence-corrected chi connectivity index (χ4v) is 3.64. The number of aromatic nitrogens is 1. The minimum Gasteiger partial charge on any atom is -0.461 e. The molecule has 0 bridgehead atoms. The van der Waals surface area contributed by atoms with Crippen LogP contribution in [0.3, 0.4) is 0 Å². The molecule has 0 N–H and O–H groups in total. The predicted octanol–water partition coefficient (Wildman–Crippen LogP) is 3.67. The third-order valence-corrected chi connectivity index (χ3v) is 5.65. The summed E-state index contributed by atoms with van der Waals surface area (Å²) in [5.41, 5.74) is 2.27. The first-order chi connectivity index (χ1) is 13.1. The van der Waals surface area contributed by atoms with Crippen molar-refractivity contribution in [3.05, 3.63) is 22.5 Å². The van der Waals surface area contributed by atoms with Gasteiger partial charge in [-0.25, -0.2) is 4.79 Å². The van der Waals surface area contributed by atoms with Crippen molar-refractivity contribution in [1.29, 1.82) is 0 Å². The van der Waals surface area contributed by atoms with E-state index >= 15 is 0 Å². The molecule has 1 amide bonds. The molecule has 156 valence electrons. The Balaban J connectivity index is 2.35. The van der Waals surface area contributed by atoms with Crippen molar-refractivity contribution in [1.82, 2.24) is 9.47 Å². The summed E-state index contributed by atoms with van der Waals surface area (Å²) in [6, 6.07) is -0.554. The summed E-state index contributed by atoms with van der Waals surface area (Å²) >= 11 is 0. The van der Waals surface area contributed by atoms with E-state index in [9.17, 15) is 14.4 Å². The smallest absolute Gasteiger partial charge is 0.355 e. The van der Waals surface area contributed by atoms with Gasteiger partial charge in [0, 0.05) is 30.8 Å². The van der Waals surface area contributed by atoms with Crippen LogP contribution >= 0.6 is 0 Å². The Kier molecular flexibility index (Phi) is 7.07. The lowest BCUT2D eigenvalue weighted by molar-refractivity contribution is -0.134. The molecule has 1 aromatic heterocycles. The van der Waals surface area contributed by atoms with Crippen LogP contribution in [-0.4, -0.2) is 46.3 Å². The molecule has 2 rings (SSSR count). The van der Waals surface area contributed by atoms with Crippen molar-refractivity contribution < 1.29 is 19.1 Å². The van der Waals surface area contributed by atoms with E-state index in [0.29, 0.717) is 29.3 Å². The van der Waals surface area contributed by atoms with Gasteiger partial charge >= 0.3 is 5.97 Å². The highest BCUT2D eigenvalue weighted by atomic mass is 16.5. The summed E-state index contributed by atoms with van der Waals surface area (Å²) in [7, 11) is 1.77. The summed E-state index contributed by atoms with van der Waals surface area (Å²) in [6.45, 7) is 12.3. The van der Waals surface area contributed by atoms with Gasteiger partial charge in [-0.15, -0.1) is 0 Å². The number of ketones is 1. The van der Waals surface area contributed by atoms with Gasteiger partial charge in [-0.05, 0) is 58.4 Å². The van der Waals surface area contributed by atoms with Gasteiger partial charge in [0.25, 0.3) is 0 Å². The number of Topliss-reactive ketones (excluding diaryl/α,β-unsaturated/α-hetero) is 1. The molecule has 1 aromatic rings. The molecule has 1 aliphatic carbocycles. The van der Waals surface area contributed by atoms with Gasteiger partial charge in [-0.3, -0.25) is 9.59 Å². The van der Waals surface area contributed by atoms with Crippen LogP contribution in [-0.2, 0) is 16.6 Å². The molecular formula is C22H34N2O4. The third-order valence-electron chi connectivity index (χ3n) is 5.65. The second-order valence-corrected chi connectivity index (χ2v) is 8.24. The number of hydrogen-bond donors (Lipinski definition) is 0. The lowest BCUT2D eigenvalue weighted by Crippen LogP contribution is -2.45. The molecule has 0 spiro atoms. The highest BCUT2D eigenvalue weighted by Gasteiger charge is 2.38. The van der Waals surface area contributed by atoms with Crippen LogP contribution in [0, 0.1) is 25.7 Å². The normalized spacial score (nSPS) is 14.9. The Morgan fingerprint density at radius 3 is 2.29 bits per heavy atom. The zero-order chi connectivity index (χ0) is 21.2. The summed E-state index contributed by atoms with van der Waals surface area (Å²) < 4.78 is 6.87. The lowest BCUT2D eigenvalue weighted by Gasteiger charge is -2.29. The SMILES string of the molecule is CCOC(=O)c1c(C)c(C(=O)C(C)N(CCC(C)C)C(=O)C2CC2)c(C)n1C. The van der Waals surface area contributed by atoms with E-state index in [1.807, 2.05) is 6.92 Å². The summed E-state index contributed by atoms with van der Waals surface area (Å²) in [6.07, 6.45) is 2.68. The average molecular weight is 391 g/mol. The van der Waals surface area contributed by atoms with E-state index in [-0.39, 0.29) is 24.2 Å². The molecular weight excluding hydrogens is 356 g/mol. The van der Waals surface area contributed by atoms with Crippen molar-refractivity contribution >= 4 is 17.7 Å². The molecule has 6 heteroatoms. The number of esters is 1. The Morgan fingerprint density at radius 2 is 1.79 bits per heavy atom. The highest BCUT2D eigenvalue weighted by molar-refractivity contribution is 6.06. The number of nitrogens with zero attached hydrogens (tertiary/aromatic N) is 2. The summed E-state index contributed by atoms with van der Waals surface area (Å²) in [4.78, 5) is 40.3. The molecule has 1 unspecified atom stereocenters. The second-order valence-electron chi connectivity index (χ2n) is 8.24. The standard InChI is InChI=1S/C22H34N2O4/c1-8-28-22(27)19-14(4)18(15(5)23(19)7)20(25)16(6)24(12-11-13(2)3)21(26)17-9-10-17/h13,16-17H,8-12H2,1-7H3. The van der Waals surface area contributed by atoms with Crippen LogP contribution < -0.4 is 0 Å². The van der Waals surface area contributed by atoms with Crippen LogP contribution in [0.5, 0.6) is 0 Å². The maximum absolute atomic E-state index is 13.4. The van der Waals surface area contributed by atoms with E-state index in [4.69, 9.17) is 4.74 Å². The van der Waals surface area contributed by atoms with Gasteiger partial charge < -0.3 is 14.2 Å². The van der Waals surface area contributed by atoms with E-state index in [0.717, 1.165) is 25.0 Å². The van der Waals surface area contributed by atoms with Crippen LogP contribution in [0.4, 0.5) is 0 Å². The van der Waals surface area contributed by atoms with Gasteiger partial charge in [0.15, 0.2) is 5.78 Å². The highest BCUT2D eigenvalue weighted by Crippen LogP contribution is 2.33. The first-order valence-electron chi connectivity index (χ1n) is 10.3. The van der Waals surface area contributed by atoms with E-state index in [2.05, 4.69) is 13.8 Å². The topological polar surface area (TPSA) is 68.6 Å². The van der Waals surface area contributed by atoms with E-state index in [1.165, 1.54) is 0 Å². The zero-order valence-corrected chi connectivity index (χ0v) is 18.3. The number of hydrogen-bond acceptors (Lipinski definition) is 4. The zero-order valence-electron chi connectivity index (χ0n) is 18.3. The van der Waals surface area contributed by atoms with Gasteiger partial charge in [-0.2, -0.15) is 0 Å². The van der Waals surface area contributed by atoms with Crippen LogP contribution in [0.1, 0.15) is 79.1 Å². The molecule has 0 aromatic carbocycles. The largest absolute Gasteiger partial charge is 0.461 e. The average Bonchev–Trinajstić information content (AvgIpc) is 3.43. The van der Waals surface area contributed by atoms with Crippen molar-refractivity contribution in [2.75, 3.05) is 13.2 Å². The maximum atomic E-state index is 13.4. The molecule has 1 heterocycles. The van der Waals surface area contributed by atoms with E-state index < -0.39 is 12.0 Å². The minimum atomic E-state index is -0.554. The molecule has 1 saturated carbocycles. The maximum Gasteiger partial charge on any atom is 0.355 e. The monoisotopic (exact) mass is 390 g/mol. The lowest BCUT2D eigenvalue weighted by atomic mass is 9.99. The van der Waals surface area contributed by atoms with Crippen LogP contribution in [0.25, 0.3) is 0 Å². The molecule has 0 aliphatic heterocycles. The Morgan fingerprint density at radius 1 is 1.18 bits per heavy atom. The third kappa shape index (κ3) is 4.47. The number of ether oxygens (including phenoxy) is 1. The van der Waals surface area contributed by atoms with Crippen LogP contribution in [0.15, 0.2) is 0 Å². The molecule has 0 saturated heterocycles. The molecule has 1 atom stereocenters. The minimum absolute atomic E-state index is 0.0653. The Hall–Kier alpha value is -2.11. The quantitative estimate of drug-likeness (QED) is 0.476. The van der Waals surface area contributed by atoms with Gasteiger partial charge in [0.1, 0.15) is 5.69 Å². The van der Waals surface area contributed by atoms with Gasteiger partial charge in [0.2, 0.25) is 5.91 Å². The molecule has 6 nitrogen and oxygen atoms in total. The van der Waals surface area contributed by atoms with E-state index in [1.54, 1.807) is 37.3 Å². The number of carbonyl (C=O) groups excluding carboxylic acids is 3. The van der Waals surface area contributed by atoms with Gasteiger partial charge in [0.05, 0.1) is 12.6 Å². The summed E-state index contributed by atoms with van der Waals surface area (Å²) in [5, 5.41) is 0. The first kappa shape index (κ1) is 22.2. The van der Waals surface area contributed by atoms with Crippen molar-refractivity contribution in [2.24, 2.45) is 18.9 Å².